The highest BCUT2D eigenvalue weighted by molar-refractivity contribution is 5.88. The van der Waals surface area contributed by atoms with Gasteiger partial charge in [0.15, 0.2) is 7.05 Å². The van der Waals surface area contributed by atoms with Crippen molar-refractivity contribution in [1.29, 1.82) is 0 Å². The molecule has 0 spiro atoms. The molecule has 0 atom stereocenters. The number of hydrogen-bond donors (Lipinski definition) is 1. The van der Waals surface area contributed by atoms with Crippen LogP contribution < -0.4 is 15.4 Å². The zero-order chi connectivity index (χ0) is 13.3. The second-order valence-electron chi connectivity index (χ2n) is 4.07. The predicted molar refractivity (Wildman–Crippen MR) is 62.6 cm³/mol. The molecule has 0 unspecified atom stereocenters. The Labute approximate surface area is 103 Å². The molecule has 6 nitrogen and oxygen atoms in total. The van der Waals surface area contributed by atoms with Gasteiger partial charge in [0.1, 0.15) is 0 Å². The largest absolute Gasteiger partial charge is 0.854 e. The number of H-pyrrole nitrogens is 1. The first-order valence-electron chi connectivity index (χ1n) is 5.40. The Kier molecular flexibility index (Phi) is 3.01. The van der Waals surface area contributed by atoms with Crippen LogP contribution in [0.3, 0.4) is 0 Å². The van der Waals surface area contributed by atoms with Crippen molar-refractivity contribution in [3.8, 4) is 0 Å². The molecule has 6 heteroatoms. The highest BCUT2D eigenvalue weighted by Crippen LogP contribution is 2.17. The van der Waals surface area contributed by atoms with Crippen LogP contribution in [0.5, 0.6) is 0 Å². The van der Waals surface area contributed by atoms with Gasteiger partial charge in [-0.1, -0.05) is 10.7 Å². The topological polar surface area (TPSA) is 85.3 Å². The van der Waals surface area contributed by atoms with E-state index in [1.165, 1.54) is 11.7 Å². The first-order valence-corrected chi connectivity index (χ1v) is 5.40. The highest BCUT2D eigenvalue weighted by Gasteiger charge is 2.17. The molecule has 1 aromatic carbocycles. The van der Waals surface area contributed by atoms with Crippen LogP contribution in [0.4, 0.5) is 5.69 Å². The van der Waals surface area contributed by atoms with Crippen molar-refractivity contribution in [2.45, 2.75) is 13.8 Å². The number of hydrogen-bond acceptors (Lipinski definition) is 4. The fourth-order valence-electron chi connectivity index (χ4n) is 1.54. The van der Waals surface area contributed by atoms with Crippen molar-refractivity contribution in [3.63, 3.8) is 0 Å². The molecule has 0 saturated carbocycles. The summed E-state index contributed by atoms with van der Waals surface area (Å²) in [7, 11) is 1.51. The number of aliphatic imine (C=N–C) groups is 1. The Balaban J connectivity index is 2.45. The van der Waals surface area contributed by atoms with Crippen molar-refractivity contribution >= 4 is 11.6 Å². The third kappa shape index (κ3) is 2.17. The molecule has 0 amide bonds. The molecule has 1 aromatic heterocycles. The van der Waals surface area contributed by atoms with E-state index < -0.39 is 11.5 Å². The molecule has 18 heavy (non-hydrogen) atoms. The van der Waals surface area contributed by atoms with E-state index in [2.05, 4.69) is 14.8 Å². The number of nitrogens with zero attached hydrogens (tertiary/aromatic N) is 2. The molecule has 94 valence electrons. The molecule has 0 radical (unpaired) electrons. The zero-order valence-corrected chi connectivity index (χ0v) is 10.4. The normalized spacial score (nSPS) is 11.8. The number of nitrogens with one attached hydrogen (secondary N) is 1. The summed E-state index contributed by atoms with van der Waals surface area (Å²) in [6.07, 6.45) is 0. The Hall–Kier alpha value is -2.37. The lowest BCUT2D eigenvalue weighted by molar-refractivity contribution is -0.742. The van der Waals surface area contributed by atoms with Gasteiger partial charge < -0.3 is 5.11 Å². The summed E-state index contributed by atoms with van der Waals surface area (Å²) < 4.78 is 5.70. The van der Waals surface area contributed by atoms with Crippen molar-refractivity contribution in [3.05, 3.63) is 45.4 Å². The standard InChI is InChI=1S/C12H13N3O3/c1-7-4-5-9(6-8(7)2)13-11(16)10-12(17)18-14-15(10)3/h4-6H,1-3H3,(H-,13,14,16,17). The quantitative estimate of drug-likeness (QED) is 0.455. The van der Waals surface area contributed by atoms with Crippen LogP contribution in [-0.2, 0) is 7.05 Å². The molecule has 0 aliphatic rings. The van der Waals surface area contributed by atoms with Gasteiger partial charge in [-0.2, -0.15) is 0 Å². The minimum absolute atomic E-state index is 0.131. The zero-order valence-electron chi connectivity index (χ0n) is 10.4. The van der Waals surface area contributed by atoms with Crippen molar-refractivity contribution < 1.29 is 14.3 Å². The Bertz CT molecular complexity index is 667. The molecule has 1 N–H and O–H groups in total. The molecule has 2 rings (SSSR count). The first kappa shape index (κ1) is 12.1. The molecular weight excluding hydrogens is 234 g/mol. The van der Waals surface area contributed by atoms with Crippen LogP contribution in [0.2, 0.25) is 0 Å². The highest BCUT2D eigenvalue weighted by atomic mass is 16.5. The second-order valence-corrected chi connectivity index (χ2v) is 4.07. The van der Waals surface area contributed by atoms with Gasteiger partial charge in [-0.25, -0.2) is 4.79 Å². The van der Waals surface area contributed by atoms with E-state index in [-0.39, 0.29) is 5.69 Å². The van der Waals surface area contributed by atoms with Crippen LogP contribution >= 0.6 is 0 Å². The van der Waals surface area contributed by atoms with E-state index in [1.54, 1.807) is 12.1 Å². The van der Waals surface area contributed by atoms with Gasteiger partial charge in [-0.05, 0) is 42.4 Å². The predicted octanol–water partition coefficient (Wildman–Crippen LogP) is -0.152. The Morgan fingerprint density at radius 3 is 2.67 bits per heavy atom. The molecule has 0 saturated heterocycles. The average molecular weight is 247 g/mol. The van der Waals surface area contributed by atoms with Gasteiger partial charge in [0.25, 0.3) is 0 Å². The van der Waals surface area contributed by atoms with E-state index in [0.717, 1.165) is 11.1 Å². The van der Waals surface area contributed by atoms with Crippen molar-refractivity contribution in [2.75, 3.05) is 0 Å². The van der Waals surface area contributed by atoms with E-state index in [9.17, 15) is 9.90 Å². The van der Waals surface area contributed by atoms with E-state index in [1.807, 2.05) is 19.9 Å². The van der Waals surface area contributed by atoms with Crippen molar-refractivity contribution in [2.24, 2.45) is 12.0 Å². The summed E-state index contributed by atoms with van der Waals surface area (Å²) in [5, 5.41) is 14.1. The van der Waals surface area contributed by atoms with Crippen LogP contribution in [0, 0.1) is 13.8 Å². The number of aryl methyl sites for hydroxylation is 3. The number of rotatable bonds is 2. The van der Waals surface area contributed by atoms with Crippen LogP contribution in [-0.4, -0.2) is 11.2 Å². The van der Waals surface area contributed by atoms with Crippen LogP contribution in [0.25, 0.3) is 0 Å². The van der Waals surface area contributed by atoms with E-state index in [4.69, 9.17) is 0 Å². The first-order chi connectivity index (χ1) is 8.49. The summed E-state index contributed by atoms with van der Waals surface area (Å²) in [6, 6.07) is 5.40. The van der Waals surface area contributed by atoms with Gasteiger partial charge in [-0.15, -0.1) is 0 Å². The van der Waals surface area contributed by atoms with Crippen LogP contribution in [0.1, 0.15) is 16.8 Å². The second kappa shape index (κ2) is 4.48. The fraction of sp³-hybridized carbons (Fsp3) is 0.250. The van der Waals surface area contributed by atoms with E-state index >= 15 is 0 Å². The van der Waals surface area contributed by atoms with E-state index in [0.29, 0.717) is 5.69 Å². The fourth-order valence-corrected chi connectivity index (χ4v) is 1.54. The third-order valence-corrected chi connectivity index (χ3v) is 2.73. The summed E-state index contributed by atoms with van der Waals surface area (Å²) in [5.74, 6) is -0.629. The maximum absolute atomic E-state index is 11.8. The maximum atomic E-state index is 11.8. The Morgan fingerprint density at radius 1 is 1.39 bits per heavy atom. The minimum Gasteiger partial charge on any atom is -0.854 e. The third-order valence-electron chi connectivity index (χ3n) is 2.73. The lowest BCUT2D eigenvalue weighted by Gasteiger charge is -2.05. The monoisotopic (exact) mass is 247 g/mol. The smallest absolute Gasteiger partial charge is 0.435 e. The molecule has 2 aromatic rings. The Morgan fingerprint density at radius 2 is 2.11 bits per heavy atom. The summed E-state index contributed by atoms with van der Waals surface area (Å²) in [5.41, 5.74) is 1.81. The van der Waals surface area contributed by atoms with Gasteiger partial charge in [0, 0.05) is 0 Å². The average Bonchev–Trinajstić information content (AvgIpc) is 2.64. The lowest BCUT2D eigenvalue weighted by atomic mass is 10.1. The number of aromatic amines is 1. The van der Waals surface area contributed by atoms with Gasteiger partial charge >= 0.3 is 11.3 Å². The summed E-state index contributed by atoms with van der Waals surface area (Å²) in [6.45, 7) is 3.91. The van der Waals surface area contributed by atoms with Crippen molar-refractivity contribution in [1.82, 2.24) is 5.27 Å². The van der Waals surface area contributed by atoms with Gasteiger partial charge in [0.2, 0.25) is 0 Å². The lowest BCUT2D eigenvalue weighted by Crippen LogP contribution is -2.43. The summed E-state index contributed by atoms with van der Waals surface area (Å²) in [4.78, 5) is 15.2. The molecule has 1 heterocycles. The summed E-state index contributed by atoms with van der Waals surface area (Å²) >= 11 is 0. The molecule has 0 bridgehead atoms. The van der Waals surface area contributed by atoms with Gasteiger partial charge in [-0.3, -0.25) is 9.52 Å². The molecule has 0 aliphatic carbocycles. The molecule has 0 fully saturated rings. The van der Waals surface area contributed by atoms with Crippen LogP contribution in [0.15, 0.2) is 32.5 Å². The molecule has 0 aliphatic heterocycles. The molecular formula is C12H13N3O3. The van der Waals surface area contributed by atoms with Gasteiger partial charge in [0.05, 0.1) is 11.6 Å². The number of benzene rings is 1. The SMILES string of the molecule is Cc1ccc(N=C([O-])c2c(=O)o[nH][n+]2C)cc1C. The minimum atomic E-state index is -0.727. The number of aromatic nitrogens is 2. The maximum Gasteiger partial charge on any atom is 0.435 e.